The van der Waals surface area contributed by atoms with E-state index in [4.69, 9.17) is 0 Å². The highest BCUT2D eigenvalue weighted by Crippen LogP contribution is 2.32. The second kappa shape index (κ2) is 8.25. The van der Waals surface area contributed by atoms with Crippen LogP contribution in [0.3, 0.4) is 0 Å². The summed E-state index contributed by atoms with van der Waals surface area (Å²) in [4.78, 5) is 14.0. The number of hydrogen-bond donors (Lipinski definition) is 0. The molecule has 0 aliphatic heterocycles. The van der Waals surface area contributed by atoms with Crippen molar-refractivity contribution in [3.05, 3.63) is 38.0 Å². The van der Waals surface area contributed by atoms with Crippen LogP contribution in [-0.2, 0) is 9.53 Å². The first-order valence-electron chi connectivity index (χ1n) is 5.56. The Balaban J connectivity index is 0.000000518. The van der Waals surface area contributed by atoms with Gasteiger partial charge in [0.2, 0.25) is 6.17 Å². The van der Waals surface area contributed by atoms with Gasteiger partial charge in [0.25, 0.3) is 0 Å². The summed E-state index contributed by atoms with van der Waals surface area (Å²) in [6.45, 7) is 6.25. The lowest BCUT2D eigenvalue weighted by molar-refractivity contribution is -0.274. The summed E-state index contributed by atoms with van der Waals surface area (Å²) in [6, 6.07) is 0. The van der Waals surface area contributed by atoms with Crippen molar-refractivity contribution in [2.24, 2.45) is 0 Å². The third-order valence-electron chi connectivity index (χ3n) is 1.91. The minimum absolute atomic E-state index is 0.286. The van der Waals surface area contributed by atoms with Crippen LogP contribution in [0.25, 0.3) is 6.20 Å². The maximum absolute atomic E-state index is 12.4. The Labute approximate surface area is 121 Å². The van der Waals surface area contributed by atoms with Crippen LogP contribution in [0.5, 0.6) is 0 Å². The molecule has 0 aliphatic carbocycles. The Morgan fingerprint density at radius 2 is 1.91 bits per heavy atom. The number of esters is 1. The van der Waals surface area contributed by atoms with E-state index in [0.29, 0.717) is 0 Å². The molecule has 1 heterocycles. The van der Waals surface area contributed by atoms with E-state index in [1.807, 2.05) is 6.20 Å². The average Bonchev–Trinajstić information content (AvgIpc) is 2.90. The van der Waals surface area contributed by atoms with Gasteiger partial charge in [-0.25, -0.2) is 14.2 Å². The Morgan fingerprint density at radius 1 is 1.32 bits per heavy atom. The van der Waals surface area contributed by atoms with Crippen LogP contribution in [0.4, 0.5) is 26.3 Å². The van der Waals surface area contributed by atoms with Crippen molar-refractivity contribution in [2.45, 2.75) is 24.9 Å². The number of carbonyl (C=O) groups is 1. The highest BCUT2D eigenvalue weighted by Gasteiger charge is 2.49. The maximum atomic E-state index is 12.4. The summed E-state index contributed by atoms with van der Waals surface area (Å²) in [5, 5.41) is 0. The van der Waals surface area contributed by atoms with Crippen LogP contribution in [0.2, 0.25) is 0 Å². The average molecular weight is 330 g/mol. The molecule has 0 bridgehead atoms. The number of ether oxygens (including phenoxy) is 1. The standard InChI is InChI=1S/C7H6F6O2.C5H6N2/c1-2-5(14)15-7(12,13)4(8)3-6(9,10)11;1-2-7-4-3-6-5-7/h2,4H,1,3H2;2-5H,1H2. The first-order valence-corrected chi connectivity index (χ1v) is 5.56. The van der Waals surface area contributed by atoms with E-state index in [-0.39, 0.29) is 6.08 Å². The van der Waals surface area contributed by atoms with Crippen LogP contribution in [0, 0.1) is 0 Å². The predicted molar refractivity (Wildman–Crippen MR) is 65.4 cm³/mol. The van der Waals surface area contributed by atoms with Crippen molar-refractivity contribution in [2.75, 3.05) is 0 Å². The molecule has 4 nitrogen and oxygen atoms in total. The van der Waals surface area contributed by atoms with Crippen molar-refractivity contribution in [1.82, 2.24) is 9.55 Å². The molecule has 0 amide bonds. The van der Waals surface area contributed by atoms with Crippen LogP contribution in [0.1, 0.15) is 6.42 Å². The zero-order valence-corrected chi connectivity index (χ0v) is 11.1. The molecule has 22 heavy (non-hydrogen) atoms. The zero-order chi connectivity index (χ0) is 17.4. The van der Waals surface area contributed by atoms with E-state index in [0.717, 1.165) is 0 Å². The lowest BCUT2D eigenvalue weighted by atomic mass is 10.2. The van der Waals surface area contributed by atoms with Gasteiger partial charge in [-0.1, -0.05) is 13.2 Å². The topological polar surface area (TPSA) is 44.1 Å². The lowest BCUT2D eigenvalue weighted by Gasteiger charge is -2.20. The fourth-order valence-electron chi connectivity index (χ4n) is 0.939. The van der Waals surface area contributed by atoms with Gasteiger partial charge in [-0.3, -0.25) is 0 Å². The van der Waals surface area contributed by atoms with Gasteiger partial charge < -0.3 is 9.30 Å². The summed E-state index contributed by atoms with van der Waals surface area (Å²) in [5.74, 6) is -1.70. The zero-order valence-electron chi connectivity index (χ0n) is 11.1. The predicted octanol–water partition coefficient (Wildman–Crippen LogP) is 3.58. The number of nitrogens with zero attached hydrogens (tertiary/aromatic N) is 2. The molecule has 0 saturated heterocycles. The molecule has 1 atom stereocenters. The Bertz CT molecular complexity index is 484. The fraction of sp³-hybridized carbons (Fsp3) is 0.333. The number of imidazole rings is 1. The Kier molecular flexibility index (Phi) is 7.40. The SMILES string of the molecule is C=CC(=O)OC(F)(F)C(F)CC(F)(F)F.C=Cn1ccnc1. The lowest BCUT2D eigenvalue weighted by Crippen LogP contribution is -2.38. The molecule has 0 fully saturated rings. The number of alkyl halides is 6. The van der Waals surface area contributed by atoms with E-state index in [1.165, 1.54) is 0 Å². The molecular formula is C12H12F6N2O2. The van der Waals surface area contributed by atoms with Crippen LogP contribution in [-0.4, -0.2) is 34.0 Å². The molecule has 0 N–H and O–H groups in total. The molecule has 124 valence electrons. The van der Waals surface area contributed by atoms with Crippen molar-refractivity contribution < 1.29 is 35.9 Å². The first-order chi connectivity index (χ1) is 10.0. The molecule has 0 aliphatic rings. The first kappa shape index (κ1) is 19.7. The number of hydrogen-bond acceptors (Lipinski definition) is 3. The smallest absolute Gasteiger partial charge is 0.395 e. The number of halogens is 6. The summed E-state index contributed by atoms with van der Waals surface area (Å²) in [6.07, 6.45) is -8.77. The molecule has 1 rings (SSSR count). The normalized spacial score (nSPS) is 12.6. The summed E-state index contributed by atoms with van der Waals surface area (Å²) in [5.41, 5.74) is 0. The van der Waals surface area contributed by atoms with Gasteiger partial charge in [0.05, 0.1) is 12.7 Å². The van der Waals surface area contributed by atoms with E-state index in [2.05, 4.69) is 22.9 Å². The monoisotopic (exact) mass is 330 g/mol. The third-order valence-corrected chi connectivity index (χ3v) is 1.91. The second-order valence-electron chi connectivity index (χ2n) is 3.67. The van der Waals surface area contributed by atoms with Crippen LogP contribution in [0.15, 0.2) is 38.0 Å². The van der Waals surface area contributed by atoms with Gasteiger partial charge in [0.1, 0.15) is 0 Å². The summed E-state index contributed by atoms with van der Waals surface area (Å²) in [7, 11) is 0. The number of rotatable bonds is 5. The highest BCUT2D eigenvalue weighted by atomic mass is 19.4. The summed E-state index contributed by atoms with van der Waals surface area (Å²) >= 11 is 0. The second-order valence-corrected chi connectivity index (χ2v) is 3.67. The van der Waals surface area contributed by atoms with Crippen LogP contribution < -0.4 is 0 Å². The quantitative estimate of drug-likeness (QED) is 0.471. The van der Waals surface area contributed by atoms with Gasteiger partial charge in [0.15, 0.2) is 0 Å². The summed E-state index contributed by atoms with van der Waals surface area (Å²) < 4.78 is 76.7. The molecule has 0 spiro atoms. The van der Waals surface area contributed by atoms with Gasteiger partial charge in [0, 0.05) is 24.7 Å². The molecule has 0 aromatic carbocycles. The van der Waals surface area contributed by atoms with E-state index >= 15 is 0 Å². The van der Waals surface area contributed by atoms with Gasteiger partial charge in [-0.2, -0.15) is 22.0 Å². The van der Waals surface area contributed by atoms with E-state index in [1.54, 1.807) is 23.3 Å². The third kappa shape index (κ3) is 8.12. The number of carbonyl (C=O) groups excluding carboxylic acids is 1. The molecular weight excluding hydrogens is 318 g/mol. The van der Waals surface area contributed by atoms with Crippen molar-refractivity contribution >= 4 is 12.2 Å². The number of aromatic nitrogens is 2. The van der Waals surface area contributed by atoms with Crippen molar-refractivity contribution in [1.29, 1.82) is 0 Å². The van der Waals surface area contributed by atoms with E-state index < -0.39 is 30.8 Å². The molecule has 1 aromatic heterocycles. The highest BCUT2D eigenvalue weighted by molar-refractivity contribution is 5.81. The minimum atomic E-state index is -5.11. The fourth-order valence-corrected chi connectivity index (χ4v) is 0.939. The van der Waals surface area contributed by atoms with Crippen LogP contribution >= 0.6 is 0 Å². The van der Waals surface area contributed by atoms with Gasteiger partial charge in [-0.05, 0) is 0 Å². The van der Waals surface area contributed by atoms with Gasteiger partial charge >= 0.3 is 18.3 Å². The van der Waals surface area contributed by atoms with Crippen molar-refractivity contribution in [3.8, 4) is 0 Å². The molecule has 1 unspecified atom stereocenters. The van der Waals surface area contributed by atoms with Gasteiger partial charge in [-0.15, -0.1) is 0 Å². The Hall–Kier alpha value is -2.26. The molecule has 0 saturated carbocycles. The largest absolute Gasteiger partial charge is 0.432 e. The molecule has 0 radical (unpaired) electrons. The molecule has 1 aromatic rings. The van der Waals surface area contributed by atoms with Crippen molar-refractivity contribution in [3.63, 3.8) is 0 Å². The molecule has 10 heteroatoms. The maximum Gasteiger partial charge on any atom is 0.432 e. The van der Waals surface area contributed by atoms with E-state index in [9.17, 15) is 31.1 Å². The Morgan fingerprint density at radius 3 is 2.23 bits per heavy atom. The minimum Gasteiger partial charge on any atom is -0.395 e.